The highest BCUT2D eigenvalue weighted by Crippen LogP contribution is 2.29. The van der Waals surface area contributed by atoms with Crippen molar-refractivity contribution in [3.8, 4) is 0 Å². The van der Waals surface area contributed by atoms with Crippen molar-refractivity contribution < 1.29 is 4.79 Å². The number of rotatable bonds is 5. The average molecular weight is 337 g/mol. The molecule has 0 atom stereocenters. The maximum absolute atomic E-state index is 11.6. The molecule has 1 aliphatic heterocycles. The Kier molecular flexibility index (Phi) is 5.61. The fourth-order valence-electron chi connectivity index (χ4n) is 1.55. The fourth-order valence-corrected chi connectivity index (χ4v) is 2.87. The molecular weight excluding hydrogens is 322 g/mol. The largest absolute Gasteiger partial charge is 0.307 e. The SMILES string of the molecule is CCCCCCN1C(=O)C=C(Br)/C1=C/Br. The second kappa shape index (κ2) is 6.48. The first kappa shape index (κ1) is 13.0. The molecule has 0 aliphatic carbocycles. The molecule has 0 aromatic rings. The van der Waals surface area contributed by atoms with E-state index in [1.807, 2.05) is 0 Å². The molecule has 0 fully saturated rings. The van der Waals surface area contributed by atoms with Gasteiger partial charge < -0.3 is 4.90 Å². The predicted octanol–water partition coefficient (Wildman–Crippen LogP) is 3.92. The lowest BCUT2D eigenvalue weighted by Crippen LogP contribution is -2.25. The van der Waals surface area contributed by atoms with Gasteiger partial charge in [0.25, 0.3) is 5.91 Å². The van der Waals surface area contributed by atoms with Crippen LogP contribution in [0.15, 0.2) is 21.2 Å². The van der Waals surface area contributed by atoms with E-state index < -0.39 is 0 Å². The van der Waals surface area contributed by atoms with E-state index in [1.165, 1.54) is 19.3 Å². The van der Waals surface area contributed by atoms with Crippen molar-refractivity contribution in [2.75, 3.05) is 6.54 Å². The third-order valence-corrected chi connectivity index (χ3v) is 3.46. The molecule has 0 radical (unpaired) electrons. The summed E-state index contributed by atoms with van der Waals surface area (Å²) in [5, 5.41) is 0. The van der Waals surface area contributed by atoms with E-state index in [2.05, 4.69) is 38.8 Å². The van der Waals surface area contributed by atoms with Gasteiger partial charge in [0.2, 0.25) is 0 Å². The summed E-state index contributed by atoms with van der Waals surface area (Å²) in [6, 6.07) is 0. The lowest BCUT2D eigenvalue weighted by atomic mass is 10.2. The number of halogens is 2. The zero-order valence-corrected chi connectivity index (χ0v) is 12.0. The van der Waals surface area contributed by atoms with E-state index in [9.17, 15) is 4.79 Å². The normalized spacial score (nSPS) is 18.9. The molecule has 2 nitrogen and oxygen atoms in total. The summed E-state index contributed by atoms with van der Waals surface area (Å²) in [4.78, 5) is 15.2. The van der Waals surface area contributed by atoms with Crippen LogP contribution in [0.25, 0.3) is 0 Å². The van der Waals surface area contributed by atoms with Crippen molar-refractivity contribution in [2.45, 2.75) is 32.6 Å². The van der Waals surface area contributed by atoms with Gasteiger partial charge in [-0.3, -0.25) is 4.79 Å². The molecule has 1 aliphatic rings. The first-order valence-electron chi connectivity index (χ1n) is 5.20. The third-order valence-electron chi connectivity index (χ3n) is 2.39. The van der Waals surface area contributed by atoms with Crippen LogP contribution in [-0.2, 0) is 4.79 Å². The van der Waals surface area contributed by atoms with Crippen LogP contribution < -0.4 is 0 Å². The molecule has 0 saturated heterocycles. The number of unbranched alkanes of at least 4 members (excludes halogenated alkanes) is 3. The van der Waals surface area contributed by atoms with Gasteiger partial charge >= 0.3 is 0 Å². The van der Waals surface area contributed by atoms with Crippen molar-refractivity contribution in [2.24, 2.45) is 0 Å². The van der Waals surface area contributed by atoms with E-state index >= 15 is 0 Å². The van der Waals surface area contributed by atoms with Gasteiger partial charge in [-0.1, -0.05) is 42.1 Å². The maximum Gasteiger partial charge on any atom is 0.252 e. The Labute approximate surface area is 108 Å². The highest BCUT2D eigenvalue weighted by Gasteiger charge is 2.24. The van der Waals surface area contributed by atoms with E-state index in [0.29, 0.717) is 0 Å². The molecule has 84 valence electrons. The quantitative estimate of drug-likeness (QED) is 0.697. The van der Waals surface area contributed by atoms with E-state index in [4.69, 9.17) is 0 Å². The molecule has 1 amide bonds. The third kappa shape index (κ3) is 3.45. The summed E-state index contributed by atoms with van der Waals surface area (Å²) in [5.74, 6) is 0.0732. The van der Waals surface area contributed by atoms with Gasteiger partial charge in [-0.2, -0.15) is 0 Å². The Balaban J connectivity index is 2.45. The van der Waals surface area contributed by atoms with Crippen LogP contribution in [0, 0.1) is 0 Å². The van der Waals surface area contributed by atoms with Crippen LogP contribution >= 0.6 is 31.9 Å². The Bertz CT molecular complexity index is 297. The monoisotopic (exact) mass is 335 g/mol. The van der Waals surface area contributed by atoms with Crippen LogP contribution in [0.4, 0.5) is 0 Å². The molecule has 0 aromatic heterocycles. The zero-order valence-electron chi connectivity index (χ0n) is 8.80. The van der Waals surface area contributed by atoms with Crippen LogP contribution in [-0.4, -0.2) is 17.4 Å². The standard InChI is InChI=1S/C11H15Br2NO/c1-2-3-4-5-6-14-10(8-12)9(13)7-11(14)15/h7-8H,2-6H2,1H3/b10-8-. The molecule has 0 saturated carbocycles. The van der Waals surface area contributed by atoms with Gasteiger partial charge in [0.05, 0.1) is 5.70 Å². The van der Waals surface area contributed by atoms with Crippen LogP contribution in [0.2, 0.25) is 0 Å². The average Bonchev–Trinajstić information content (AvgIpc) is 2.48. The van der Waals surface area contributed by atoms with Crippen LogP contribution in [0.1, 0.15) is 32.6 Å². The van der Waals surface area contributed by atoms with Gasteiger partial charge in [-0.25, -0.2) is 0 Å². The topological polar surface area (TPSA) is 20.3 Å². The minimum Gasteiger partial charge on any atom is -0.307 e. The van der Waals surface area contributed by atoms with E-state index in [0.717, 1.165) is 23.1 Å². The molecule has 0 spiro atoms. The smallest absolute Gasteiger partial charge is 0.252 e. The first-order valence-corrected chi connectivity index (χ1v) is 6.91. The van der Waals surface area contributed by atoms with Crippen LogP contribution in [0.5, 0.6) is 0 Å². The molecule has 4 heteroatoms. The van der Waals surface area contributed by atoms with Crippen molar-refractivity contribution >= 4 is 37.8 Å². The molecule has 0 bridgehead atoms. The molecular formula is C11H15Br2NO. The second-order valence-electron chi connectivity index (χ2n) is 3.54. The number of nitrogens with zero attached hydrogens (tertiary/aromatic N) is 1. The molecule has 15 heavy (non-hydrogen) atoms. The summed E-state index contributed by atoms with van der Waals surface area (Å²) in [6.45, 7) is 2.99. The minimum absolute atomic E-state index is 0.0732. The number of carbonyl (C=O) groups is 1. The van der Waals surface area contributed by atoms with Crippen molar-refractivity contribution in [3.05, 3.63) is 21.2 Å². The lowest BCUT2D eigenvalue weighted by Gasteiger charge is -2.17. The van der Waals surface area contributed by atoms with Gasteiger partial charge in [-0.15, -0.1) is 0 Å². The highest BCUT2D eigenvalue weighted by atomic mass is 79.9. The fraction of sp³-hybridized carbons (Fsp3) is 0.545. The number of amides is 1. The molecule has 0 unspecified atom stereocenters. The Hall–Kier alpha value is -0.0900. The molecule has 0 aromatic carbocycles. The van der Waals surface area contributed by atoms with Crippen molar-refractivity contribution in [3.63, 3.8) is 0 Å². The summed E-state index contributed by atoms with van der Waals surface area (Å²) < 4.78 is 0.861. The minimum atomic E-state index is 0.0732. The first-order chi connectivity index (χ1) is 7.20. The summed E-state index contributed by atoms with van der Waals surface area (Å²) in [6.07, 6.45) is 6.33. The lowest BCUT2D eigenvalue weighted by molar-refractivity contribution is -0.123. The van der Waals surface area contributed by atoms with Gasteiger partial charge in [0, 0.05) is 22.1 Å². The molecule has 0 N–H and O–H groups in total. The Morgan fingerprint density at radius 1 is 1.40 bits per heavy atom. The Morgan fingerprint density at radius 2 is 2.13 bits per heavy atom. The van der Waals surface area contributed by atoms with Gasteiger partial charge in [0.1, 0.15) is 0 Å². The van der Waals surface area contributed by atoms with Crippen LogP contribution in [0.3, 0.4) is 0 Å². The van der Waals surface area contributed by atoms with Gasteiger partial charge in [-0.05, 0) is 22.4 Å². The van der Waals surface area contributed by atoms with Crippen molar-refractivity contribution in [1.82, 2.24) is 4.90 Å². The predicted molar refractivity (Wildman–Crippen MR) is 69.9 cm³/mol. The van der Waals surface area contributed by atoms with Gasteiger partial charge in [0.15, 0.2) is 0 Å². The zero-order chi connectivity index (χ0) is 11.3. The maximum atomic E-state index is 11.6. The summed E-state index contributed by atoms with van der Waals surface area (Å²) in [7, 11) is 0. The number of allylic oxidation sites excluding steroid dienone is 1. The van der Waals surface area contributed by atoms with E-state index in [1.54, 1.807) is 16.0 Å². The number of hydrogen-bond donors (Lipinski definition) is 0. The summed E-state index contributed by atoms with van der Waals surface area (Å²) in [5.41, 5.74) is 0.927. The number of carbonyl (C=O) groups excluding carboxylic acids is 1. The Morgan fingerprint density at radius 3 is 2.73 bits per heavy atom. The number of hydrogen-bond acceptors (Lipinski definition) is 1. The summed E-state index contributed by atoms with van der Waals surface area (Å²) >= 11 is 6.65. The molecule has 1 rings (SSSR count). The highest BCUT2D eigenvalue weighted by molar-refractivity contribution is 9.12. The van der Waals surface area contributed by atoms with E-state index in [-0.39, 0.29) is 5.91 Å². The van der Waals surface area contributed by atoms with Crippen molar-refractivity contribution in [1.29, 1.82) is 0 Å². The second-order valence-corrected chi connectivity index (χ2v) is 4.85. The molecule has 1 heterocycles.